The van der Waals surface area contributed by atoms with Crippen LogP contribution in [0.15, 0.2) is 0 Å². The first-order valence-corrected chi connectivity index (χ1v) is 18.6. The molecule has 4 heteroatoms. The van der Waals surface area contributed by atoms with Crippen molar-refractivity contribution in [3.05, 3.63) is 0 Å². The Morgan fingerprint density at radius 1 is 0.611 bits per heavy atom. The molecule has 0 rings (SSSR count). The van der Waals surface area contributed by atoms with Gasteiger partial charge in [-0.3, -0.25) is 0 Å². The van der Waals surface area contributed by atoms with Crippen molar-refractivity contribution in [1.82, 2.24) is 0 Å². The van der Waals surface area contributed by atoms with Gasteiger partial charge in [-0.2, -0.15) is 0 Å². The lowest BCUT2D eigenvalue weighted by Crippen LogP contribution is -2.34. The van der Waals surface area contributed by atoms with E-state index in [0.717, 1.165) is 5.50 Å². The molecule has 0 atom stereocenters. The summed E-state index contributed by atoms with van der Waals surface area (Å²) in [5.74, 6) is 0. The average molecular weight is 323 g/mol. The van der Waals surface area contributed by atoms with Gasteiger partial charge in [-0.1, -0.05) is 82.8 Å². The minimum atomic E-state index is -1.11. The fraction of sp³-hybridized carbons (Fsp3) is 1.00. The lowest BCUT2D eigenvalue weighted by Gasteiger charge is -2.27. The van der Waals surface area contributed by atoms with Crippen LogP contribution in [0.3, 0.4) is 0 Å². The molecule has 0 spiro atoms. The van der Waals surface area contributed by atoms with Crippen molar-refractivity contribution in [3.8, 4) is 0 Å². The first-order valence-electron chi connectivity index (χ1n) is 7.54. The SMILES string of the molecule is C[Si](C)(C)CCC[Si](C)(CCl)CCC[Si](C)(C)C. The van der Waals surface area contributed by atoms with Gasteiger partial charge in [0, 0.05) is 21.7 Å². The first kappa shape index (κ1) is 18.9. The highest BCUT2D eigenvalue weighted by atomic mass is 35.5. The summed E-state index contributed by atoms with van der Waals surface area (Å²) in [5, 5.41) is 0. The van der Waals surface area contributed by atoms with Gasteiger partial charge in [0.2, 0.25) is 0 Å². The van der Waals surface area contributed by atoms with Crippen molar-refractivity contribution >= 4 is 35.8 Å². The lowest BCUT2D eigenvalue weighted by molar-refractivity contribution is 0.954. The van der Waals surface area contributed by atoms with Crippen LogP contribution in [-0.2, 0) is 0 Å². The number of alkyl halides is 1. The van der Waals surface area contributed by atoms with Crippen molar-refractivity contribution in [2.24, 2.45) is 0 Å². The van der Waals surface area contributed by atoms with Gasteiger partial charge in [-0.05, 0) is 0 Å². The topological polar surface area (TPSA) is 0 Å². The van der Waals surface area contributed by atoms with E-state index in [-0.39, 0.29) is 0 Å². The Labute approximate surface area is 124 Å². The quantitative estimate of drug-likeness (QED) is 0.345. The fourth-order valence-corrected chi connectivity index (χ4v) is 8.91. The molecule has 0 aliphatic rings. The van der Waals surface area contributed by atoms with Gasteiger partial charge in [0.25, 0.3) is 0 Å². The average Bonchev–Trinajstić information content (AvgIpc) is 2.13. The molecular formula is C14H35ClSi3. The van der Waals surface area contributed by atoms with E-state index < -0.39 is 24.2 Å². The molecule has 0 aliphatic carbocycles. The predicted octanol–water partition coefficient (Wildman–Crippen LogP) is 6.30. The van der Waals surface area contributed by atoms with Crippen LogP contribution in [0.1, 0.15) is 12.8 Å². The van der Waals surface area contributed by atoms with Crippen molar-refractivity contribution in [1.29, 1.82) is 0 Å². The van der Waals surface area contributed by atoms with Gasteiger partial charge in [0.1, 0.15) is 0 Å². The van der Waals surface area contributed by atoms with Crippen LogP contribution in [0.4, 0.5) is 0 Å². The number of hydrogen-bond donors (Lipinski definition) is 0. The van der Waals surface area contributed by atoms with Gasteiger partial charge in [-0.15, -0.1) is 11.6 Å². The lowest BCUT2D eigenvalue weighted by atomic mass is 10.5. The molecule has 0 heterocycles. The molecule has 0 aromatic rings. The van der Waals surface area contributed by atoms with Crippen LogP contribution in [0.25, 0.3) is 0 Å². The summed E-state index contributed by atoms with van der Waals surface area (Å²) >= 11 is 6.29. The van der Waals surface area contributed by atoms with Crippen molar-refractivity contribution in [2.45, 2.75) is 82.8 Å². The third-order valence-corrected chi connectivity index (χ3v) is 13.1. The van der Waals surface area contributed by atoms with Crippen LogP contribution in [0.2, 0.25) is 70.0 Å². The monoisotopic (exact) mass is 322 g/mol. The molecule has 0 aromatic carbocycles. The Kier molecular flexibility index (Phi) is 8.05. The molecule has 0 fully saturated rings. The zero-order valence-electron chi connectivity index (χ0n) is 13.8. The fourth-order valence-electron chi connectivity index (χ4n) is 2.35. The van der Waals surface area contributed by atoms with Gasteiger partial charge >= 0.3 is 0 Å². The molecule has 110 valence electrons. The molecule has 18 heavy (non-hydrogen) atoms. The van der Waals surface area contributed by atoms with E-state index in [1.54, 1.807) is 0 Å². The smallest absolute Gasteiger partial charge is 0.0670 e. The summed E-state index contributed by atoms with van der Waals surface area (Å²) in [4.78, 5) is 0. The second kappa shape index (κ2) is 7.65. The molecule has 0 N–H and O–H groups in total. The van der Waals surface area contributed by atoms with Crippen LogP contribution in [-0.4, -0.2) is 29.7 Å². The minimum absolute atomic E-state index is 0.845. The van der Waals surface area contributed by atoms with E-state index in [1.807, 2.05) is 0 Å². The van der Waals surface area contributed by atoms with Gasteiger partial charge in [-0.25, -0.2) is 0 Å². The minimum Gasteiger partial charge on any atom is -0.130 e. The van der Waals surface area contributed by atoms with E-state index in [0.29, 0.717) is 0 Å². The van der Waals surface area contributed by atoms with E-state index in [9.17, 15) is 0 Å². The highest BCUT2D eigenvalue weighted by Crippen LogP contribution is 2.27. The molecule has 0 saturated carbocycles. The Hall–Kier alpha value is 0.941. The summed E-state index contributed by atoms with van der Waals surface area (Å²) < 4.78 is 0. The van der Waals surface area contributed by atoms with Gasteiger partial charge < -0.3 is 0 Å². The third-order valence-electron chi connectivity index (χ3n) is 3.74. The van der Waals surface area contributed by atoms with E-state index >= 15 is 0 Å². The van der Waals surface area contributed by atoms with Gasteiger partial charge in [0.15, 0.2) is 0 Å². The first-order chi connectivity index (χ1) is 7.97. The van der Waals surface area contributed by atoms with E-state index in [4.69, 9.17) is 11.6 Å². The summed E-state index contributed by atoms with van der Waals surface area (Å²) in [6, 6.07) is 5.90. The van der Waals surface area contributed by atoms with Crippen molar-refractivity contribution in [3.63, 3.8) is 0 Å². The second-order valence-electron chi connectivity index (χ2n) is 8.77. The standard InChI is InChI=1S/C14H35ClSi3/c1-16(2,3)10-8-12-18(7,14-15)13-9-11-17(4,5)6/h8-14H2,1-7H3. The molecule has 0 nitrogen and oxygen atoms in total. The van der Waals surface area contributed by atoms with Crippen LogP contribution >= 0.6 is 11.6 Å². The molecule has 0 radical (unpaired) electrons. The molecular weight excluding hydrogens is 288 g/mol. The van der Waals surface area contributed by atoms with Crippen LogP contribution < -0.4 is 0 Å². The molecule has 0 bridgehead atoms. The summed E-state index contributed by atoms with van der Waals surface area (Å²) in [6.07, 6.45) is 2.89. The van der Waals surface area contributed by atoms with E-state index in [2.05, 4.69) is 45.8 Å². The Morgan fingerprint density at radius 2 is 0.944 bits per heavy atom. The number of rotatable bonds is 9. The summed E-state index contributed by atoms with van der Waals surface area (Å²) in [7, 11) is -2.80. The highest BCUT2D eigenvalue weighted by Gasteiger charge is 2.27. The highest BCUT2D eigenvalue weighted by molar-refractivity contribution is 6.84. The maximum atomic E-state index is 6.29. The second-order valence-corrected chi connectivity index (χ2v) is 25.7. The number of hydrogen-bond acceptors (Lipinski definition) is 0. The van der Waals surface area contributed by atoms with Gasteiger partial charge in [0.05, 0.1) is 8.07 Å². The molecule has 0 aromatic heterocycles. The van der Waals surface area contributed by atoms with Crippen molar-refractivity contribution < 1.29 is 0 Å². The predicted molar refractivity (Wildman–Crippen MR) is 97.5 cm³/mol. The normalized spacial score (nSPS) is 14.0. The molecule has 0 aliphatic heterocycles. The largest absolute Gasteiger partial charge is 0.130 e. The maximum absolute atomic E-state index is 6.29. The van der Waals surface area contributed by atoms with Crippen LogP contribution in [0, 0.1) is 0 Å². The Morgan fingerprint density at radius 3 is 1.17 bits per heavy atom. The summed E-state index contributed by atoms with van der Waals surface area (Å²) in [6.45, 7) is 17.4. The zero-order chi connectivity index (χ0) is 14.4. The molecule has 0 saturated heterocycles. The Bertz CT molecular complexity index is 208. The number of halogens is 1. The van der Waals surface area contributed by atoms with E-state index in [1.165, 1.54) is 37.0 Å². The maximum Gasteiger partial charge on any atom is 0.0670 e. The molecule has 0 unspecified atom stereocenters. The van der Waals surface area contributed by atoms with Crippen LogP contribution in [0.5, 0.6) is 0 Å². The third kappa shape index (κ3) is 10.8. The summed E-state index contributed by atoms with van der Waals surface area (Å²) in [5.41, 5.74) is 0.977. The zero-order valence-corrected chi connectivity index (χ0v) is 17.6. The molecule has 0 amide bonds. The van der Waals surface area contributed by atoms with Crippen molar-refractivity contribution in [2.75, 3.05) is 5.50 Å². The Balaban J connectivity index is 4.03.